The number of nitrogens with zero attached hydrogens (tertiary/aromatic N) is 5. The molecule has 1 fully saturated rings. The summed E-state index contributed by atoms with van der Waals surface area (Å²) in [6, 6.07) is 8.85. The minimum atomic E-state index is -0.473. The summed E-state index contributed by atoms with van der Waals surface area (Å²) >= 11 is 0. The van der Waals surface area contributed by atoms with E-state index in [2.05, 4.69) is 15.4 Å². The number of rotatable bonds is 6. The largest absolute Gasteiger partial charge is 0.479 e. The molecule has 33 heavy (non-hydrogen) atoms. The van der Waals surface area contributed by atoms with Crippen LogP contribution in [0.15, 0.2) is 55.0 Å². The van der Waals surface area contributed by atoms with Crippen LogP contribution >= 0.6 is 0 Å². The van der Waals surface area contributed by atoms with E-state index in [0.717, 1.165) is 11.4 Å². The number of hydrogen-bond acceptors (Lipinski definition) is 5. The molecule has 1 aliphatic heterocycles. The maximum absolute atomic E-state index is 13.2. The van der Waals surface area contributed by atoms with Crippen molar-refractivity contribution >= 4 is 23.7 Å². The number of hydrazine groups is 1. The first-order valence-corrected chi connectivity index (χ1v) is 10.3. The quantitative estimate of drug-likeness (QED) is 0.583. The van der Waals surface area contributed by atoms with Gasteiger partial charge >= 0.3 is 6.03 Å². The predicted octanol–water partition coefficient (Wildman–Crippen LogP) is 3.10. The molecule has 9 nitrogen and oxygen atoms in total. The highest BCUT2D eigenvalue weighted by molar-refractivity contribution is 5.97. The summed E-state index contributed by atoms with van der Waals surface area (Å²) in [5, 5.41) is 1.25. The number of nitrogens with one attached hydrogen (secondary N) is 1. The first-order chi connectivity index (χ1) is 15.9. The molecule has 0 bridgehead atoms. The molecule has 0 spiro atoms. The number of urea groups is 1. The van der Waals surface area contributed by atoms with Crippen molar-refractivity contribution in [3.05, 3.63) is 72.2 Å². The summed E-state index contributed by atoms with van der Waals surface area (Å²) in [6.45, 7) is 2.75. The summed E-state index contributed by atoms with van der Waals surface area (Å²) < 4.78 is 20.4. The van der Waals surface area contributed by atoms with E-state index in [4.69, 9.17) is 4.74 Å². The van der Waals surface area contributed by atoms with E-state index >= 15 is 0 Å². The Labute approximate surface area is 190 Å². The topological polar surface area (TPSA) is 92.6 Å². The third-order valence-electron chi connectivity index (χ3n) is 5.06. The lowest BCUT2D eigenvalue weighted by Gasteiger charge is -2.35. The Balaban J connectivity index is 1.42. The number of pyridine rings is 1. The van der Waals surface area contributed by atoms with Gasteiger partial charge in [0.2, 0.25) is 5.88 Å². The number of aryl methyl sites for hydroxylation is 1. The van der Waals surface area contributed by atoms with E-state index in [-0.39, 0.29) is 11.8 Å². The number of carbonyl (C=O) groups is 2. The highest BCUT2D eigenvalue weighted by Gasteiger charge is 2.27. The molecule has 0 radical (unpaired) electrons. The second-order valence-corrected chi connectivity index (χ2v) is 7.41. The Morgan fingerprint density at radius 3 is 2.67 bits per heavy atom. The summed E-state index contributed by atoms with van der Waals surface area (Å²) in [7, 11) is 1.52. The van der Waals surface area contributed by atoms with Gasteiger partial charge in [-0.3, -0.25) is 15.1 Å². The van der Waals surface area contributed by atoms with E-state index in [0.29, 0.717) is 36.8 Å². The van der Waals surface area contributed by atoms with Crippen molar-refractivity contribution in [1.82, 2.24) is 25.0 Å². The SMILES string of the molecule is COc1nc(/C=C/C(=O)NN2CCCN(c3ccc(F)cc3)C2=O)ccc1-n1cnc(C)c1. The molecule has 170 valence electrons. The molecular weight excluding hydrogens is 427 g/mol. The lowest BCUT2D eigenvalue weighted by molar-refractivity contribution is -0.120. The fraction of sp³-hybridized carbons (Fsp3) is 0.217. The Hall–Kier alpha value is -4.21. The zero-order valence-corrected chi connectivity index (χ0v) is 18.2. The molecule has 3 heterocycles. The highest BCUT2D eigenvalue weighted by Crippen LogP contribution is 2.22. The fourth-order valence-electron chi connectivity index (χ4n) is 3.46. The normalized spacial score (nSPS) is 14.1. The molecule has 3 amide bonds. The van der Waals surface area contributed by atoms with Crippen molar-refractivity contribution in [2.45, 2.75) is 13.3 Å². The molecule has 2 aromatic heterocycles. The number of aromatic nitrogens is 3. The number of benzene rings is 1. The monoisotopic (exact) mass is 450 g/mol. The van der Waals surface area contributed by atoms with Crippen molar-refractivity contribution in [2.75, 3.05) is 25.1 Å². The van der Waals surface area contributed by atoms with E-state index in [1.807, 2.05) is 19.2 Å². The maximum atomic E-state index is 13.2. The van der Waals surface area contributed by atoms with Crippen molar-refractivity contribution in [1.29, 1.82) is 0 Å². The number of halogens is 1. The second kappa shape index (κ2) is 9.51. The summed E-state index contributed by atoms with van der Waals surface area (Å²) in [5.74, 6) is -0.465. The van der Waals surface area contributed by atoms with Crippen LogP contribution in [0.4, 0.5) is 14.9 Å². The Morgan fingerprint density at radius 2 is 1.97 bits per heavy atom. The van der Waals surface area contributed by atoms with Gasteiger partial charge in [-0.1, -0.05) is 0 Å². The van der Waals surface area contributed by atoms with Crippen molar-refractivity contribution in [2.24, 2.45) is 0 Å². The number of carbonyl (C=O) groups excluding carboxylic acids is 2. The molecule has 3 aromatic rings. The van der Waals surface area contributed by atoms with Gasteiger partial charge in [-0.25, -0.2) is 24.2 Å². The molecule has 4 rings (SSSR count). The number of methoxy groups -OCH3 is 1. The highest BCUT2D eigenvalue weighted by atomic mass is 19.1. The van der Waals surface area contributed by atoms with Crippen LogP contribution in [0.25, 0.3) is 11.8 Å². The van der Waals surface area contributed by atoms with Crippen LogP contribution in [-0.2, 0) is 4.79 Å². The maximum Gasteiger partial charge on any atom is 0.343 e. The van der Waals surface area contributed by atoms with Gasteiger partial charge in [0, 0.05) is 31.0 Å². The fourth-order valence-corrected chi connectivity index (χ4v) is 3.46. The lowest BCUT2D eigenvalue weighted by Crippen LogP contribution is -2.56. The molecule has 1 saturated heterocycles. The number of ether oxygens (including phenoxy) is 1. The molecular formula is C23H23FN6O3. The Morgan fingerprint density at radius 1 is 1.18 bits per heavy atom. The van der Waals surface area contributed by atoms with Crippen LogP contribution < -0.4 is 15.1 Å². The molecule has 0 unspecified atom stereocenters. The Kier molecular flexibility index (Phi) is 6.34. The van der Waals surface area contributed by atoms with Crippen molar-refractivity contribution in [3.63, 3.8) is 0 Å². The summed E-state index contributed by atoms with van der Waals surface area (Å²) in [5.41, 5.74) is 5.26. The van der Waals surface area contributed by atoms with Gasteiger partial charge in [-0.05, 0) is 55.8 Å². The number of anilines is 1. The zero-order valence-electron chi connectivity index (χ0n) is 18.2. The first kappa shape index (κ1) is 22.0. The van der Waals surface area contributed by atoms with Gasteiger partial charge in [0.15, 0.2) is 0 Å². The van der Waals surface area contributed by atoms with Gasteiger partial charge < -0.3 is 9.30 Å². The minimum absolute atomic E-state index is 0.376. The second-order valence-electron chi connectivity index (χ2n) is 7.41. The van der Waals surface area contributed by atoms with Gasteiger partial charge in [0.1, 0.15) is 11.5 Å². The van der Waals surface area contributed by atoms with E-state index < -0.39 is 5.91 Å². The zero-order chi connectivity index (χ0) is 23.4. The van der Waals surface area contributed by atoms with Crippen LogP contribution in [0.3, 0.4) is 0 Å². The third kappa shape index (κ3) is 5.00. The molecule has 10 heteroatoms. The van der Waals surface area contributed by atoms with Crippen LogP contribution in [0.2, 0.25) is 0 Å². The van der Waals surface area contributed by atoms with Gasteiger partial charge in [0.25, 0.3) is 5.91 Å². The minimum Gasteiger partial charge on any atom is -0.479 e. The van der Waals surface area contributed by atoms with Crippen LogP contribution in [0, 0.1) is 12.7 Å². The average molecular weight is 450 g/mol. The molecule has 0 atom stereocenters. The molecule has 1 aliphatic rings. The van der Waals surface area contributed by atoms with Crippen LogP contribution in [0.1, 0.15) is 17.8 Å². The third-order valence-corrected chi connectivity index (χ3v) is 5.06. The van der Waals surface area contributed by atoms with Gasteiger partial charge in [0.05, 0.1) is 24.8 Å². The molecule has 0 aliphatic carbocycles. The average Bonchev–Trinajstić information content (AvgIpc) is 3.25. The lowest BCUT2D eigenvalue weighted by atomic mass is 10.2. The molecule has 1 aromatic carbocycles. The number of amides is 3. The standard InChI is InChI=1S/C23H23FN6O3/c1-16-14-28(15-25-16)20-10-6-18(26-22(20)33-2)7-11-21(31)27-30-13-3-12-29(23(30)32)19-8-4-17(24)5-9-19/h4-11,14-15H,3,12-13H2,1-2H3,(H,27,31)/b11-7+. The van der Waals surface area contributed by atoms with Crippen LogP contribution in [-0.4, -0.2) is 51.7 Å². The van der Waals surface area contributed by atoms with Crippen molar-refractivity contribution < 1.29 is 18.7 Å². The Bertz CT molecular complexity index is 1190. The summed E-state index contributed by atoms with van der Waals surface area (Å²) in [4.78, 5) is 35.3. The predicted molar refractivity (Wildman–Crippen MR) is 120 cm³/mol. The van der Waals surface area contributed by atoms with E-state index in [9.17, 15) is 14.0 Å². The van der Waals surface area contributed by atoms with Crippen LogP contribution in [0.5, 0.6) is 5.88 Å². The smallest absolute Gasteiger partial charge is 0.343 e. The van der Waals surface area contributed by atoms with Gasteiger partial charge in [-0.2, -0.15) is 0 Å². The van der Waals surface area contributed by atoms with Crippen molar-refractivity contribution in [3.8, 4) is 11.6 Å². The van der Waals surface area contributed by atoms with Gasteiger partial charge in [-0.15, -0.1) is 0 Å². The molecule has 0 saturated carbocycles. The van der Waals surface area contributed by atoms with E-state index in [1.54, 1.807) is 17.0 Å². The molecule has 1 N–H and O–H groups in total. The number of hydrogen-bond donors (Lipinski definition) is 1. The number of imidazole rings is 1. The first-order valence-electron chi connectivity index (χ1n) is 10.3. The van der Waals surface area contributed by atoms with E-state index in [1.165, 1.54) is 53.4 Å². The summed E-state index contributed by atoms with van der Waals surface area (Å²) in [6.07, 6.45) is 7.01.